The number of rotatable bonds is 9. The molecule has 0 spiro atoms. The lowest BCUT2D eigenvalue weighted by atomic mass is 10.2. The Morgan fingerprint density at radius 3 is 2.26 bits per heavy atom. The second-order valence-corrected chi connectivity index (χ2v) is 6.86. The Hall–Kier alpha value is -2.66. The highest BCUT2D eigenvalue weighted by molar-refractivity contribution is 5.94. The van der Waals surface area contributed by atoms with Gasteiger partial charge in [-0.1, -0.05) is 55.0 Å². The maximum atomic E-state index is 12.6. The second kappa shape index (κ2) is 10.5. The third kappa shape index (κ3) is 7.23. The third-order valence-electron chi connectivity index (χ3n) is 4.29. The molecule has 0 aromatic heterocycles. The molecule has 144 valence electrons. The SMILES string of the molecule is CCCN(CC(=O)N(C)CC(=O)Nc1ccc(C)cc1)Cc1ccccc1. The minimum Gasteiger partial charge on any atom is -0.335 e. The maximum absolute atomic E-state index is 12.6. The summed E-state index contributed by atoms with van der Waals surface area (Å²) in [6, 6.07) is 17.7. The van der Waals surface area contributed by atoms with Gasteiger partial charge in [-0.2, -0.15) is 0 Å². The average Bonchev–Trinajstić information content (AvgIpc) is 2.64. The molecule has 0 bridgehead atoms. The Morgan fingerprint density at radius 2 is 1.63 bits per heavy atom. The highest BCUT2D eigenvalue weighted by Crippen LogP contribution is 2.09. The lowest BCUT2D eigenvalue weighted by Gasteiger charge is -2.24. The van der Waals surface area contributed by atoms with E-state index in [1.807, 2.05) is 49.4 Å². The van der Waals surface area contributed by atoms with Gasteiger partial charge >= 0.3 is 0 Å². The quantitative estimate of drug-likeness (QED) is 0.740. The van der Waals surface area contributed by atoms with E-state index in [2.05, 4.69) is 29.3 Å². The van der Waals surface area contributed by atoms with Crippen molar-refractivity contribution in [2.24, 2.45) is 0 Å². The Labute approximate surface area is 162 Å². The number of nitrogens with one attached hydrogen (secondary N) is 1. The summed E-state index contributed by atoms with van der Waals surface area (Å²) in [5, 5.41) is 2.83. The second-order valence-electron chi connectivity index (χ2n) is 6.86. The summed E-state index contributed by atoms with van der Waals surface area (Å²) >= 11 is 0. The molecule has 1 N–H and O–H groups in total. The summed E-state index contributed by atoms with van der Waals surface area (Å²) in [5.74, 6) is -0.252. The third-order valence-corrected chi connectivity index (χ3v) is 4.29. The van der Waals surface area contributed by atoms with E-state index in [9.17, 15) is 9.59 Å². The number of hydrogen-bond donors (Lipinski definition) is 1. The van der Waals surface area contributed by atoms with Crippen LogP contribution in [0.3, 0.4) is 0 Å². The van der Waals surface area contributed by atoms with E-state index in [4.69, 9.17) is 0 Å². The molecule has 2 aromatic carbocycles. The number of hydrogen-bond acceptors (Lipinski definition) is 3. The van der Waals surface area contributed by atoms with E-state index >= 15 is 0 Å². The Balaban J connectivity index is 1.86. The van der Waals surface area contributed by atoms with E-state index in [0.717, 1.165) is 30.8 Å². The number of likely N-dealkylation sites (N-methyl/N-ethyl adjacent to an activating group) is 1. The Bertz CT molecular complexity index is 729. The van der Waals surface area contributed by atoms with E-state index in [1.165, 1.54) is 10.5 Å². The zero-order valence-electron chi connectivity index (χ0n) is 16.4. The van der Waals surface area contributed by atoms with E-state index in [-0.39, 0.29) is 18.4 Å². The van der Waals surface area contributed by atoms with Gasteiger partial charge in [-0.15, -0.1) is 0 Å². The first-order valence-electron chi connectivity index (χ1n) is 9.34. The topological polar surface area (TPSA) is 52.7 Å². The van der Waals surface area contributed by atoms with E-state index in [0.29, 0.717) is 6.54 Å². The first-order valence-corrected chi connectivity index (χ1v) is 9.34. The molecule has 0 aliphatic heterocycles. The highest BCUT2D eigenvalue weighted by Gasteiger charge is 2.17. The molecular weight excluding hydrogens is 338 g/mol. The van der Waals surface area contributed by atoms with Crippen molar-refractivity contribution in [2.45, 2.75) is 26.8 Å². The van der Waals surface area contributed by atoms with Gasteiger partial charge in [0, 0.05) is 19.3 Å². The summed E-state index contributed by atoms with van der Waals surface area (Å²) in [6.07, 6.45) is 0.970. The zero-order valence-corrected chi connectivity index (χ0v) is 16.4. The van der Waals surface area contributed by atoms with E-state index in [1.54, 1.807) is 7.05 Å². The van der Waals surface area contributed by atoms with Crippen LogP contribution in [0.4, 0.5) is 5.69 Å². The molecule has 2 rings (SSSR count). The molecule has 0 atom stereocenters. The lowest BCUT2D eigenvalue weighted by molar-refractivity contribution is -0.134. The van der Waals surface area contributed by atoms with Gasteiger partial charge in [-0.3, -0.25) is 14.5 Å². The smallest absolute Gasteiger partial charge is 0.243 e. The van der Waals surface area contributed by atoms with Crippen molar-refractivity contribution in [3.63, 3.8) is 0 Å². The number of anilines is 1. The fourth-order valence-corrected chi connectivity index (χ4v) is 2.82. The minimum atomic E-state index is -0.195. The van der Waals surface area contributed by atoms with Gasteiger partial charge in [0.15, 0.2) is 0 Å². The standard InChI is InChI=1S/C22H29N3O2/c1-4-14-25(15-19-8-6-5-7-9-19)17-22(27)24(3)16-21(26)23-20-12-10-18(2)11-13-20/h5-13H,4,14-17H2,1-3H3,(H,23,26). The van der Waals surface area contributed by atoms with Crippen molar-refractivity contribution in [3.8, 4) is 0 Å². The van der Waals surface area contributed by atoms with Crippen molar-refractivity contribution in [3.05, 3.63) is 65.7 Å². The van der Waals surface area contributed by atoms with Crippen LogP contribution < -0.4 is 5.32 Å². The van der Waals surface area contributed by atoms with Crippen molar-refractivity contribution >= 4 is 17.5 Å². The number of carbonyl (C=O) groups is 2. The van der Waals surface area contributed by atoms with Crippen LogP contribution in [0.1, 0.15) is 24.5 Å². The molecule has 27 heavy (non-hydrogen) atoms. The van der Waals surface area contributed by atoms with Crippen molar-refractivity contribution in [1.82, 2.24) is 9.80 Å². The van der Waals surface area contributed by atoms with Crippen LogP contribution in [0.2, 0.25) is 0 Å². The number of carbonyl (C=O) groups excluding carboxylic acids is 2. The largest absolute Gasteiger partial charge is 0.335 e. The molecule has 0 unspecified atom stereocenters. The van der Waals surface area contributed by atoms with Crippen LogP contribution in [-0.2, 0) is 16.1 Å². The number of amides is 2. The molecule has 0 fully saturated rings. The first kappa shape index (κ1) is 20.6. The average molecular weight is 367 g/mol. The van der Waals surface area contributed by atoms with Gasteiger partial charge in [0.1, 0.15) is 0 Å². The van der Waals surface area contributed by atoms with Gasteiger partial charge in [0.2, 0.25) is 11.8 Å². The monoisotopic (exact) mass is 367 g/mol. The molecule has 0 saturated carbocycles. The summed E-state index contributed by atoms with van der Waals surface area (Å²) < 4.78 is 0. The van der Waals surface area contributed by atoms with Crippen molar-refractivity contribution in [2.75, 3.05) is 32.0 Å². The van der Waals surface area contributed by atoms with Crippen LogP contribution >= 0.6 is 0 Å². The molecule has 0 aliphatic rings. The van der Waals surface area contributed by atoms with Crippen LogP contribution in [0, 0.1) is 6.92 Å². The number of nitrogens with zero attached hydrogens (tertiary/aromatic N) is 2. The molecule has 0 saturated heterocycles. The molecule has 0 radical (unpaired) electrons. The highest BCUT2D eigenvalue weighted by atomic mass is 16.2. The fraction of sp³-hybridized carbons (Fsp3) is 0.364. The molecular formula is C22H29N3O2. The summed E-state index contributed by atoms with van der Waals surface area (Å²) in [6.45, 7) is 6.00. The maximum Gasteiger partial charge on any atom is 0.243 e. The van der Waals surface area contributed by atoms with Gasteiger partial charge in [0.25, 0.3) is 0 Å². The van der Waals surface area contributed by atoms with Crippen LogP contribution in [0.25, 0.3) is 0 Å². The first-order chi connectivity index (χ1) is 13.0. The molecule has 0 aliphatic carbocycles. The van der Waals surface area contributed by atoms with Gasteiger partial charge in [-0.25, -0.2) is 0 Å². The molecule has 0 heterocycles. The Morgan fingerprint density at radius 1 is 0.963 bits per heavy atom. The van der Waals surface area contributed by atoms with Gasteiger partial charge < -0.3 is 10.2 Å². The normalized spacial score (nSPS) is 10.7. The fourth-order valence-electron chi connectivity index (χ4n) is 2.82. The molecule has 5 nitrogen and oxygen atoms in total. The molecule has 2 amide bonds. The van der Waals surface area contributed by atoms with Crippen LogP contribution in [-0.4, -0.2) is 48.3 Å². The Kier molecular flexibility index (Phi) is 8.01. The predicted octanol–water partition coefficient (Wildman–Crippen LogP) is 3.30. The van der Waals surface area contributed by atoms with Crippen LogP contribution in [0.15, 0.2) is 54.6 Å². The number of aryl methyl sites for hydroxylation is 1. The van der Waals surface area contributed by atoms with Crippen molar-refractivity contribution in [1.29, 1.82) is 0 Å². The summed E-state index contributed by atoms with van der Waals surface area (Å²) in [7, 11) is 1.67. The summed E-state index contributed by atoms with van der Waals surface area (Å²) in [4.78, 5) is 28.4. The van der Waals surface area contributed by atoms with Gasteiger partial charge in [0.05, 0.1) is 13.1 Å². The zero-order chi connectivity index (χ0) is 19.6. The van der Waals surface area contributed by atoms with Crippen molar-refractivity contribution < 1.29 is 9.59 Å². The lowest BCUT2D eigenvalue weighted by Crippen LogP contribution is -2.41. The molecule has 2 aromatic rings. The molecule has 5 heteroatoms. The predicted molar refractivity (Wildman–Crippen MR) is 109 cm³/mol. The number of benzene rings is 2. The minimum absolute atomic E-state index is 0.0397. The van der Waals surface area contributed by atoms with Gasteiger partial charge in [-0.05, 0) is 37.6 Å². The van der Waals surface area contributed by atoms with Crippen LogP contribution in [0.5, 0.6) is 0 Å². The van der Waals surface area contributed by atoms with E-state index < -0.39 is 0 Å². The summed E-state index contributed by atoms with van der Waals surface area (Å²) in [5.41, 5.74) is 3.05.